The first-order valence-corrected chi connectivity index (χ1v) is 9.50. The van der Waals surface area contributed by atoms with Crippen LogP contribution in [-0.2, 0) is 18.4 Å². The van der Waals surface area contributed by atoms with Gasteiger partial charge in [-0.05, 0) is 24.1 Å². The molecule has 27 heavy (non-hydrogen) atoms. The van der Waals surface area contributed by atoms with Gasteiger partial charge in [-0.3, -0.25) is 9.89 Å². The summed E-state index contributed by atoms with van der Waals surface area (Å²) in [5, 5.41) is 7.32. The minimum absolute atomic E-state index is 0.0123. The van der Waals surface area contributed by atoms with Gasteiger partial charge in [-0.25, -0.2) is 0 Å². The molecule has 0 fully saturated rings. The lowest BCUT2D eigenvalue weighted by molar-refractivity contribution is 0.0765. The van der Waals surface area contributed by atoms with Gasteiger partial charge in [0.1, 0.15) is 12.4 Å². The maximum atomic E-state index is 12.8. The van der Waals surface area contributed by atoms with Crippen molar-refractivity contribution in [3.8, 4) is 5.75 Å². The monoisotopic (exact) mass is 370 g/mol. The third-order valence-corrected chi connectivity index (χ3v) is 5.05. The fourth-order valence-electron chi connectivity index (χ4n) is 3.39. The Morgan fingerprint density at radius 1 is 1.33 bits per heavy atom. The third-order valence-electron chi connectivity index (χ3n) is 5.05. The van der Waals surface area contributed by atoms with Crippen LogP contribution in [0.2, 0.25) is 0 Å². The molecule has 1 aliphatic heterocycles. The van der Waals surface area contributed by atoms with Gasteiger partial charge in [-0.15, -0.1) is 0 Å². The summed E-state index contributed by atoms with van der Waals surface area (Å²) >= 11 is 0. The van der Waals surface area contributed by atoms with Crippen molar-refractivity contribution in [2.24, 2.45) is 0 Å². The van der Waals surface area contributed by atoms with Crippen LogP contribution in [0.1, 0.15) is 48.1 Å². The first-order valence-electron chi connectivity index (χ1n) is 9.50. The van der Waals surface area contributed by atoms with Crippen molar-refractivity contribution >= 4 is 5.91 Å². The van der Waals surface area contributed by atoms with Crippen molar-refractivity contribution in [2.75, 3.05) is 33.8 Å². The van der Waals surface area contributed by atoms with E-state index in [1.165, 1.54) is 5.56 Å². The van der Waals surface area contributed by atoms with Crippen LogP contribution < -0.4 is 4.74 Å². The molecule has 3 rings (SSSR count). The molecule has 146 valence electrons. The van der Waals surface area contributed by atoms with E-state index in [9.17, 15) is 4.79 Å². The van der Waals surface area contributed by atoms with Crippen molar-refractivity contribution in [3.05, 3.63) is 46.8 Å². The van der Waals surface area contributed by atoms with Crippen molar-refractivity contribution < 1.29 is 9.53 Å². The highest BCUT2D eigenvalue weighted by Crippen LogP contribution is 2.30. The number of amides is 1. The Labute approximate surface area is 161 Å². The second kappa shape index (κ2) is 7.72. The fraction of sp³-hybridized carbons (Fsp3) is 0.524. The van der Waals surface area contributed by atoms with Gasteiger partial charge in [0, 0.05) is 37.8 Å². The number of hydrogen-bond donors (Lipinski definition) is 1. The number of benzene rings is 1. The van der Waals surface area contributed by atoms with Crippen LogP contribution in [0.25, 0.3) is 0 Å². The van der Waals surface area contributed by atoms with Crippen molar-refractivity contribution in [3.63, 3.8) is 0 Å². The summed E-state index contributed by atoms with van der Waals surface area (Å²) in [5.41, 5.74) is 3.83. The number of nitrogens with zero attached hydrogens (tertiary/aromatic N) is 3. The van der Waals surface area contributed by atoms with E-state index in [0.717, 1.165) is 36.5 Å². The molecule has 1 amide bonds. The van der Waals surface area contributed by atoms with Crippen LogP contribution in [0.5, 0.6) is 5.75 Å². The maximum absolute atomic E-state index is 12.8. The number of aromatic amines is 1. The van der Waals surface area contributed by atoms with Crippen molar-refractivity contribution in [1.29, 1.82) is 0 Å². The van der Waals surface area contributed by atoms with Crippen LogP contribution in [0.3, 0.4) is 0 Å². The normalized spacial score (nSPS) is 14.7. The molecule has 0 saturated heterocycles. The number of likely N-dealkylation sites (N-methyl/N-ethyl adjacent to an activating group) is 2. The zero-order valence-electron chi connectivity index (χ0n) is 17.0. The molecule has 2 heterocycles. The molecular formula is C21H30N4O2. The zero-order chi connectivity index (χ0) is 19.6. The van der Waals surface area contributed by atoms with E-state index in [4.69, 9.17) is 4.74 Å². The standard InChI is InChI=1S/C21H30N4O2/c1-21(2,3)16-8-6-7-9-18(16)27-13-12-25(5)20(26)19-15-14-24(4)11-10-17(15)22-23-19/h6-9H,10-14H2,1-5H3,(H,22,23). The van der Waals surface area contributed by atoms with Gasteiger partial charge in [0.2, 0.25) is 0 Å². The molecule has 1 aromatic carbocycles. The molecule has 1 aromatic heterocycles. The molecular weight excluding hydrogens is 340 g/mol. The van der Waals surface area contributed by atoms with Gasteiger partial charge < -0.3 is 14.5 Å². The van der Waals surface area contributed by atoms with Gasteiger partial charge in [-0.2, -0.15) is 5.10 Å². The zero-order valence-corrected chi connectivity index (χ0v) is 17.0. The van der Waals surface area contributed by atoms with E-state index in [2.05, 4.69) is 49.0 Å². The predicted molar refractivity (Wildman–Crippen MR) is 106 cm³/mol. The lowest BCUT2D eigenvalue weighted by Crippen LogP contribution is -2.33. The Morgan fingerprint density at radius 2 is 2.07 bits per heavy atom. The molecule has 6 nitrogen and oxygen atoms in total. The average Bonchev–Trinajstić information content (AvgIpc) is 3.03. The minimum Gasteiger partial charge on any atom is -0.491 e. The fourth-order valence-corrected chi connectivity index (χ4v) is 3.39. The minimum atomic E-state index is -0.0597. The SMILES string of the molecule is CN1CCc2[nH]nc(C(=O)N(C)CCOc3ccccc3C(C)(C)C)c2C1. The molecule has 0 atom stereocenters. The summed E-state index contributed by atoms with van der Waals surface area (Å²) in [7, 11) is 3.86. The summed E-state index contributed by atoms with van der Waals surface area (Å²) in [5.74, 6) is 0.820. The molecule has 0 saturated carbocycles. The number of fused-ring (bicyclic) bond motifs is 1. The van der Waals surface area contributed by atoms with Crippen LogP contribution >= 0.6 is 0 Å². The largest absolute Gasteiger partial charge is 0.491 e. The summed E-state index contributed by atoms with van der Waals surface area (Å²) in [6.45, 7) is 9.21. The number of aromatic nitrogens is 2. The summed E-state index contributed by atoms with van der Waals surface area (Å²) in [6.07, 6.45) is 0.905. The number of H-pyrrole nitrogens is 1. The number of para-hydroxylation sites is 1. The third kappa shape index (κ3) is 4.33. The molecule has 0 bridgehead atoms. The van der Waals surface area contributed by atoms with Crippen LogP contribution in [-0.4, -0.2) is 59.7 Å². The highest BCUT2D eigenvalue weighted by atomic mass is 16.5. The predicted octanol–water partition coefficient (Wildman–Crippen LogP) is 2.85. The number of carbonyl (C=O) groups is 1. The molecule has 0 spiro atoms. The second-order valence-electron chi connectivity index (χ2n) is 8.34. The first-order chi connectivity index (χ1) is 12.8. The van der Waals surface area contributed by atoms with Crippen LogP contribution in [0.15, 0.2) is 24.3 Å². The van der Waals surface area contributed by atoms with Gasteiger partial charge in [0.25, 0.3) is 5.91 Å². The Morgan fingerprint density at radius 3 is 2.81 bits per heavy atom. The van der Waals surface area contributed by atoms with E-state index >= 15 is 0 Å². The average molecular weight is 370 g/mol. The van der Waals surface area contributed by atoms with Gasteiger partial charge in [0.05, 0.1) is 6.54 Å². The first kappa shape index (κ1) is 19.4. The summed E-state index contributed by atoms with van der Waals surface area (Å²) in [6, 6.07) is 8.09. The number of carbonyl (C=O) groups excluding carboxylic acids is 1. The Balaban J connectivity index is 1.62. The smallest absolute Gasteiger partial charge is 0.274 e. The Hall–Kier alpha value is -2.34. The Bertz CT molecular complexity index is 807. The maximum Gasteiger partial charge on any atom is 0.274 e. The van der Waals surface area contributed by atoms with Gasteiger partial charge in [-0.1, -0.05) is 39.0 Å². The van der Waals surface area contributed by atoms with Gasteiger partial charge in [0.15, 0.2) is 5.69 Å². The van der Waals surface area contributed by atoms with Gasteiger partial charge >= 0.3 is 0 Å². The number of nitrogens with one attached hydrogen (secondary N) is 1. The van der Waals surface area contributed by atoms with E-state index < -0.39 is 0 Å². The number of ether oxygens (including phenoxy) is 1. The number of hydrogen-bond acceptors (Lipinski definition) is 4. The van der Waals surface area contributed by atoms with Crippen LogP contribution in [0, 0.1) is 0 Å². The van der Waals surface area contributed by atoms with Crippen molar-refractivity contribution in [1.82, 2.24) is 20.0 Å². The van der Waals surface area contributed by atoms with E-state index in [1.807, 2.05) is 18.2 Å². The molecule has 1 aliphatic rings. The Kier molecular flexibility index (Phi) is 5.56. The van der Waals surface area contributed by atoms with E-state index in [-0.39, 0.29) is 11.3 Å². The van der Waals surface area contributed by atoms with Crippen LogP contribution in [0.4, 0.5) is 0 Å². The highest BCUT2D eigenvalue weighted by Gasteiger charge is 2.26. The topological polar surface area (TPSA) is 61.5 Å². The quantitative estimate of drug-likeness (QED) is 0.879. The van der Waals surface area contributed by atoms with E-state index in [0.29, 0.717) is 18.8 Å². The summed E-state index contributed by atoms with van der Waals surface area (Å²) in [4.78, 5) is 16.7. The molecule has 0 radical (unpaired) electrons. The molecule has 6 heteroatoms. The molecule has 1 N–H and O–H groups in total. The number of rotatable bonds is 5. The van der Waals surface area contributed by atoms with Crippen molar-refractivity contribution in [2.45, 2.75) is 39.2 Å². The lowest BCUT2D eigenvalue weighted by atomic mass is 9.86. The highest BCUT2D eigenvalue weighted by molar-refractivity contribution is 5.93. The molecule has 0 unspecified atom stereocenters. The lowest BCUT2D eigenvalue weighted by Gasteiger charge is -2.24. The van der Waals surface area contributed by atoms with E-state index in [1.54, 1.807) is 11.9 Å². The molecule has 2 aromatic rings. The second-order valence-corrected chi connectivity index (χ2v) is 8.34. The molecule has 0 aliphatic carbocycles. The summed E-state index contributed by atoms with van der Waals surface area (Å²) < 4.78 is 6.00.